The summed E-state index contributed by atoms with van der Waals surface area (Å²) >= 11 is 0. The third-order valence-corrected chi connectivity index (χ3v) is 2.82. The zero-order valence-electron chi connectivity index (χ0n) is 10.2. The van der Waals surface area contributed by atoms with E-state index in [1.165, 1.54) is 0 Å². The van der Waals surface area contributed by atoms with Crippen LogP contribution in [0, 0.1) is 6.92 Å². The van der Waals surface area contributed by atoms with Gasteiger partial charge in [0.1, 0.15) is 5.75 Å². The predicted octanol–water partition coefficient (Wildman–Crippen LogP) is 2.63. The lowest BCUT2D eigenvalue weighted by atomic mass is 10.1. The number of nitrogens with one attached hydrogen (secondary N) is 1. The molecule has 1 amide bonds. The highest BCUT2D eigenvalue weighted by Gasteiger charge is 2.08. The fourth-order valence-corrected chi connectivity index (χ4v) is 1.76. The molecule has 2 aromatic carbocycles. The van der Waals surface area contributed by atoms with Crippen molar-refractivity contribution in [3.63, 3.8) is 0 Å². The van der Waals surface area contributed by atoms with Gasteiger partial charge in [0, 0.05) is 17.7 Å². The van der Waals surface area contributed by atoms with E-state index in [1.54, 1.807) is 24.3 Å². The number of aryl methyl sites for hydroxylation is 1. The maximum atomic E-state index is 12.0. The molecule has 92 valence electrons. The number of rotatable bonds is 3. The molecule has 0 atom stereocenters. The first-order valence-electron chi connectivity index (χ1n) is 5.79. The van der Waals surface area contributed by atoms with Crippen molar-refractivity contribution in [3.05, 3.63) is 65.2 Å². The number of phenols is 1. The fourth-order valence-electron chi connectivity index (χ4n) is 1.76. The average molecular weight is 241 g/mol. The normalized spacial score (nSPS) is 10.1. The molecular weight excluding hydrogens is 226 g/mol. The summed E-state index contributed by atoms with van der Waals surface area (Å²) in [5.74, 6) is 0.0685. The average Bonchev–Trinajstić information content (AvgIpc) is 2.38. The van der Waals surface area contributed by atoms with Gasteiger partial charge in [0.25, 0.3) is 5.91 Å². The second-order valence-electron chi connectivity index (χ2n) is 4.13. The molecule has 0 saturated carbocycles. The quantitative estimate of drug-likeness (QED) is 0.867. The minimum Gasteiger partial charge on any atom is -0.508 e. The smallest absolute Gasteiger partial charge is 0.251 e. The molecule has 0 unspecified atom stereocenters. The predicted molar refractivity (Wildman–Crippen MR) is 70.5 cm³/mol. The van der Waals surface area contributed by atoms with Crippen molar-refractivity contribution in [2.24, 2.45) is 0 Å². The van der Waals surface area contributed by atoms with E-state index in [2.05, 4.69) is 5.32 Å². The minimum atomic E-state index is -0.128. The van der Waals surface area contributed by atoms with E-state index in [9.17, 15) is 9.90 Å². The van der Waals surface area contributed by atoms with Gasteiger partial charge >= 0.3 is 0 Å². The zero-order chi connectivity index (χ0) is 13.0. The third kappa shape index (κ3) is 2.69. The molecule has 0 aliphatic heterocycles. The summed E-state index contributed by atoms with van der Waals surface area (Å²) < 4.78 is 0. The number of amides is 1. The zero-order valence-corrected chi connectivity index (χ0v) is 10.2. The second kappa shape index (κ2) is 5.36. The fraction of sp³-hybridized carbons (Fsp3) is 0.133. The molecule has 2 aromatic rings. The van der Waals surface area contributed by atoms with Crippen LogP contribution in [0.5, 0.6) is 5.75 Å². The highest BCUT2D eigenvalue weighted by Crippen LogP contribution is 2.15. The Bertz CT molecular complexity index is 564. The number of phenolic OH excluding ortho intramolecular Hbond substituents is 1. The maximum Gasteiger partial charge on any atom is 0.251 e. The Balaban J connectivity index is 2.06. The van der Waals surface area contributed by atoms with E-state index < -0.39 is 0 Å². The number of aromatic hydroxyl groups is 1. The Hall–Kier alpha value is -2.29. The lowest BCUT2D eigenvalue weighted by molar-refractivity contribution is 0.0950. The van der Waals surface area contributed by atoms with E-state index in [1.807, 2.05) is 31.2 Å². The summed E-state index contributed by atoms with van der Waals surface area (Å²) in [4.78, 5) is 12.0. The maximum absolute atomic E-state index is 12.0. The molecule has 3 nitrogen and oxygen atoms in total. The van der Waals surface area contributed by atoms with Gasteiger partial charge in [-0.1, -0.05) is 36.4 Å². The standard InChI is InChI=1S/C15H15NO2/c1-11-6-2-4-8-13(11)15(18)16-10-12-7-3-5-9-14(12)17/h2-9,17H,10H2,1H3,(H,16,18). The molecule has 0 saturated heterocycles. The van der Waals surface area contributed by atoms with Crippen LogP contribution in [0.2, 0.25) is 0 Å². The summed E-state index contributed by atoms with van der Waals surface area (Å²) in [6.45, 7) is 2.22. The van der Waals surface area contributed by atoms with Crippen LogP contribution in [-0.2, 0) is 6.54 Å². The van der Waals surface area contributed by atoms with E-state index in [4.69, 9.17) is 0 Å². The van der Waals surface area contributed by atoms with Crippen LogP contribution in [0.1, 0.15) is 21.5 Å². The van der Waals surface area contributed by atoms with Gasteiger partial charge in [0.15, 0.2) is 0 Å². The lowest BCUT2D eigenvalue weighted by Gasteiger charge is -2.08. The Labute approximate surface area is 106 Å². The van der Waals surface area contributed by atoms with Gasteiger partial charge in [-0.05, 0) is 24.6 Å². The van der Waals surface area contributed by atoms with E-state index in [-0.39, 0.29) is 11.7 Å². The second-order valence-corrected chi connectivity index (χ2v) is 4.13. The highest BCUT2D eigenvalue weighted by atomic mass is 16.3. The van der Waals surface area contributed by atoms with Gasteiger partial charge in [-0.15, -0.1) is 0 Å². The SMILES string of the molecule is Cc1ccccc1C(=O)NCc1ccccc1O. The monoisotopic (exact) mass is 241 g/mol. The van der Waals surface area contributed by atoms with Gasteiger partial charge < -0.3 is 10.4 Å². The minimum absolute atomic E-state index is 0.128. The van der Waals surface area contributed by atoms with Gasteiger partial charge in [-0.25, -0.2) is 0 Å². The number of benzene rings is 2. The molecule has 0 aliphatic rings. The Morgan fingerprint density at radius 1 is 1.11 bits per heavy atom. The Kier molecular flexibility index (Phi) is 3.63. The van der Waals surface area contributed by atoms with Crippen LogP contribution in [0.15, 0.2) is 48.5 Å². The summed E-state index contributed by atoms with van der Waals surface area (Å²) in [5, 5.41) is 12.4. The lowest BCUT2D eigenvalue weighted by Crippen LogP contribution is -2.23. The topological polar surface area (TPSA) is 49.3 Å². The van der Waals surface area contributed by atoms with Crippen molar-refractivity contribution in [1.29, 1.82) is 0 Å². The first-order chi connectivity index (χ1) is 8.68. The number of para-hydroxylation sites is 1. The molecule has 0 aliphatic carbocycles. The van der Waals surface area contributed by atoms with Crippen molar-refractivity contribution in [3.8, 4) is 5.75 Å². The molecular formula is C15H15NO2. The van der Waals surface area contributed by atoms with Crippen LogP contribution < -0.4 is 5.32 Å². The Morgan fingerprint density at radius 2 is 1.78 bits per heavy atom. The van der Waals surface area contributed by atoms with Gasteiger partial charge in [-0.2, -0.15) is 0 Å². The van der Waals surface area contributed by atoms with Crippen LogP contribution >= 0.6 is 0 Å². The molecule has 18 heavy (non-hydrogen) atoms. The van der Waals surface area contributed by atoms with Crippen LogP contribution in [-0.4, -0.2) is 11.0 Å². The summed E-state index contributed by atoms with van der Waals surface area (Å²) in [6, 6.07) is 14.4. The molecule has 0 spiro atoms. The first-order valence-corrected chi connectivity index (χ1v) is 5.79. The van der Waals surface area contributed by atoms with Crippen molar-refractivity contribution in [1.82, 2.24) is 5.32 Å². The van der Waals surface area contributed by atoms with Gasteiger partial charge in [-0.3, -0.25) is 4.79 Å². The number of hydrogen-bond donors (Lipinski definition) is 2. The molecule has 2 N–H and O–H groups in total. The Morgan fingerprint density at radius 3 is 2.50 bits per heavy atom. The van der Waals surface area contributed by atoms with Crippen molar-refractivity contribution in [2.75, 3.05) is 0 Å². The number of hydrogen-bond acceptors (Lipinski definition) is 2. The third-order valence-electron chi connectivity index (χ3n) is 2.82. The largest absolute Gasteiger partial charge is 0.508 e. The van der Waals surface area contributed by atoms with Crippen molar-refractivity contribution >= 4 is 5.91 Å². The van der Waals surface area contributed by atoms with E-state index in [0.717, 1.165) is 5.56 Å². The van der Waals surface area contributed by atoms with Gasteiger partial charge in [0.2, 0.25) is 0 Å². The summed E-state index contributed by atoms with van der Waals surface area (Å²) in [6.07, 6.45) is 0. The molecule has 0 bridgehead atoms. The number of carbonyl (C=O) groups is 1. The molecule has 2 rings (SSSR count). The van der Waals surface area contributed by atoms with Crippen molar-refractivity contribution < 1.29 is 9.90 Å². The molecule has 0 radical (unpaired) electrons. The van der Waals surface area contributed by atoms with Crippen LogP contribution in [0.3, 0.4) is 0 Å². The highest BCUT2D eigenvalue weighted by molar-refractivity contribution is 5.95. The molecule has 3 heteroatoms. The first kappa shape index (κ1) is 12.2. The summed E-state index contributed by atoms with van der Waals surface area (Å²) in [5.41, 5.74) is 2.31. The molecule has 0 aromatic heterocycles. The number of carbonyl (C=O) groups excluding carboxylic acids is 1. The van der Waals surface area contributed by atoms with Crippen LogP contribution in [0.4, 0.5) is 0 Å². The van der Waals surface area contributed by atoms with Crippen molar-refractivity contribution in [2.45, 2.75) is 13.5 Å². The molecule has 0 heterocycles. The summed E-state index contributed by atoms with van der Waals surface area (Å²) in [7, 11) is 0. The van der Waals surface area contributed by atoms with E-state index >= 15 is 0 Å². The molecule has 0 fully saturated rings. The van der Waals surface area contributed by atoms with Crippen LogP contribution in [0.25, 0.3) is 0 Å². The van der Waals surface area contributed by atoms with Gasteiger partial charge in [0.05, 0.1) is 0 Å². The van der Waals surface area contributed by atoms with E-state index in [0.29, 0.717) is 17.7 Å².